The lowest BCUT2D eigenvalue weighted by Gasteiger charge is -2.19. The molecule has 4 rings (SSSR count). The zero-order valence-electron chi connectivity index (χ0n) is 15.0. The third kappa shape index (κ3) is 3.42. The number of fused-ring (bicyclic) bond motifs is 1. The van der Waals surface area contributed by atoms with Crippen molar-refractivity contribution in [1.29, 1.82) is 0 Å². The number of amides is 1. The normalized spacial score (nSPS) is 12.5. The van der Waals surface area contributed by atoms with Crippen LogP contribution in [-0.4, -0.2) is 22.4 Å². The summed E-state index contributed by atoms with van der Waals surface area (Å²) in [6.45, 7) is 0.981. The Morgan fingerprint density at radius 3 is 2.79 bits per heavy atom. The second-order valence-electron chi connectivity index (χ2n) is 6.53. The van der Waals surface area contributed by atoms with Gasteiger partial charge in [0.2, 0.25) is 0 Å². The van der Waals surface area contributed by atoms with Gasteiger partial charge in [0.25, 0.3) is 11.6 Å². The molecular formula is C21H18N4O3. The van der Waals surface area contributed by atoms with Crippen LogP contribution in [0.5, 0.6) is 0 Å². The van der Waals surface area contributed by atoms with Crippen LogP contribution in [0.3, 0.4) is 0 Å². The number of nitrogens with one attached hydrogen (secondary N) is 1. The van der Waals surface area contributed by atoms with E-state index in [4.69, 9.17) is 0 Å². The molecule has 0 spiro atoms. The molecule has 7 nitrogen and oxygen atoms in total. The maximum absolute atomic E-state index is 12.5. The molecule has 2 aromatic carbocycles. The molecule has 0 fully saturated rings. The van der Waals surface area contributed by atoms with Gasteiger partial charge in [-0.1, -0.05) is 24.3 Å². The topological polar surface area (TPSA) is 88.4 Å². The third-order valence-corrected chi connectivity index (χ3v) is 4.79. The fourth-order valence-corrected chi connectivity index (χ4v) is 3.41. The van der Waals surface area contributed by atoms with Gasteiger partial charge in [0.05, 0.1) is 4.92 Å². The lowest BCUT2D eigenvalue weighted by Crippen LogP contribution is -2.23. The van der Waals surface area contributed by atoms with Crippen molar-refractivity contribution >= 4 is 23.0 Å². The number of para-hydroxylation sites is 1. The summed E-state index contributed by atoms with van der Waals surface area (Å²) in [5.41, 5.74) is 3.67. The van der Waals surface area contributed by atoms with Crippen LogP contribution in [0.4, 0.5) is 17.1 Å². The number of pyridine rings is 1. The summed E-state index contributed by atoms with van der Waals surface area (Å²) in [7, 11) is 0. The van der Waals surface area contributed by atoms with E-state index >= 15 is 0 Å². The van der Waals surface area contributed by atoms with Crippen LogP contribution in [0, 0.1) is 10.1 Å². The molecule has 2 heterocycles. The van der Waals surface area contributed by atoms with Crippen LogP contribution in [0.1, 0.15) is 21.5 Å². The summed E-state index contributed by atoms with van der Waals surface area (Å²) in [5, 5.41) is 14.5. The SMILES string of the molecule is O=C(NCc1cccnc1)c1ccc(N2CCc3ccccc32)c([N+](=O)[O-])c1. The molecule has 0 aliphatic carbocycles. The van der Waals surface area contributed by atoms with E-state index in [-0.39, 0.29) is 17.2 Å². The summed E-state index contributed by atoms with van der Waals surface area (Å²) in [6, 6.07) is 16.1. The maximum Gasteiger partial charge on any atom is 0.293 e. The zero-order valence-corrected chi connectivity index (χ0v) is 15.0. The minimum atomic E-state index is -0.436. The Morgan fingerprint density at radius 2 is 2.00 bits per heavy atom. The van der Waals surface area contributed by atoms with Crippen molar-refractivity contribution in [2.45, 2.75) is 13.0 Å². The van der Waals surface area contributed by atoms with Gasteiger partial charge in [-0.15, -0.1) is 0 Å². The number of anilines is 2. The number of hydrogen-bond donors (Lipinski definition) is 1. The second-order valence-corrected chi connectivity index (χ2v) is 6.53. The first-order valence-electron chi connectivity index (χ1n) is 8.94. The average Bonchev–Trinajstić information content (AvgIpc) is 3.16. The number of nitro groups is 1. The van der Waals surface area contributed by atoms with Crippen molar-refractivity contribution in [3.05, 3.63) is 93.8 Å². The van der Waals surface area contributed by atoms with E-state index in [1.165, 1.54) is 6.07 Å². The van der Waals surface area contributed by atoms with Crippen molar-refractivity contribution in [2.75, 3.05) is 11.4 Å². The quantitative estimate of drug-likeness (QED) is 0.544. The largest absolute Gasteiger partial charge is 0.348 e. The third-order valence-electron chi connectivity index (χ3n) is 4.79. The van der Waals surface area contributed by atoms with E-state index in [1.54, 1.807) is 30.6 Å². The molecule has 0 saturated carbocycles. The number of benzene rings is 2. The van der Waals surface area contributed by atoms with Crippen LogP contribution < -0.4 is 10.2 Å². The molecule has 3 aromatic rings. The molecule has 1 aromatic heterocycles. The number of carbonyl (C=O) groups is 1. The molecular weight excluding hydrogens is 356 g/mol. The van der Waals surface area contributed by atoms with E-state index < -0.39 is 4.92 Å². The summed E-state index contributed by atoms with van der Waals surface area (Å²) in [6.07, 6.45) is 4.15. The minimum Gasteiger partial charge on any atom is -0.348 e. The molecule has 1 N–H and O–H groups in total. The van der Waals surface area contributed by atoms with E-state index in [9.17, 15) is 14.9 Å². The highest BCUT2D eigenvalue weighted by Gasteiger charge is 2.27. The molecule has 28 heavy (non-hydrogen) atoms. The molecule has 0 bridgehead atoms. The smallest absolute Gasteiger partial charge is 0.293 e. The van der Waals surface area contributed by atoms with E-state index in [2.05, 4.69) is 10.3 Å². The number of carbonyl (C=O) groups excluding carboxylic acids is 1. The molecule has 1 amide bonds. The van der Waals surface area contributed by atoms with Crippen molar-refractivity contribution < 1.29 is 9.72 Å². The number of nitro benzene ring substituents is 1. The molecule has 0 saturated heterocycles. The highest BCUT2D eigenvalue weighted by Crippen LogP contribution is 2.39. The van der Waals surface area contributed by atoms with Crippen molar-refractivity contribution in [3.8, 4) is 0 Å². The predicted octanol–water partition coefficient (Wildman–Crippen LogP) is 3.61. The lowest BCUT2D eigenvalue weighted by molar-refractivity contribution is -0.384. The first-order chi connectivity index (χ1) is 13.6. The summed E-state index contributed by atoms with van der Waals surface area (Å²) in [5.74, 6) is -0.361. The fraction of sp³-hybridized carbons (Fsp3) is 0.143. The maximum atomic E-state index is 12.5. The Labute approximate surface area is 161 Å². The number of aromatic nitrogens is 1. The van der Waals surface area contributed by atoms with Gasteiger partial charge in [-0.25, -0.2) is 0 Å². The Kier molecular flexibility index (Phi) is 4.72. The lowest BCUT2D eigenvalue weighted by atomic mass is 10.1. The van der Waals surface area contributed by atoms with Gasteiger partial charge in [-0.3, -0.25) is 19.9 Å². The molecule has 1 aliphatic heterocycles. The Bertz CT molecular complexity index is 1040. The molecule has 7 heteroatoms. The van der Waals surface area contributed by atoms with E-state index in [0.29, 0.717) is 18.8 Å². The Hall–Kier alpha value is -3.74. The van der Waals surface area contributed by atoms with Gasteiger partial charge < -0.3 is 10.2 Å². The van der Waals surface area contributed by atoms with Gasteiger partial charge in [0.15, 0.2) is 0 Å². The highest BCUT2D eigenvalue weighted by atomic mass is 16.6. The summed E-state index contributed by atoms with van der Waals surface area (Å²) in [4.78, 5) is 29.6. The molecule has 0 atom stereocenters. The number of rotatable bonds is 5. The number of hydrogen-bond acceptors (Lipinski definition) is 5. The summed E-state index contributed by atoms with van der Waals surface area (Å²) >= 11 is 0. The summed E-state index contributed by atoms with van der Waals surface area (Å²) < 4.78 is 0. The minimum absolute atomic E-state index is 0.0780. The van der Waals surface area contributed by atoms with Gasteiger partial charge >= 0.3 is 0 Å². The van der Waals surface area contributed by atoms with E-state index in [1.807, 2.05) is 35.2 Å². The van der Waals surface area contributed by atoms with Gasteiger partial charge in [-0.05, 0) is 41.8 Å². The standard InChI is InChI=1S/C21H18N4O3/c26-21(23-14-15-4-3-10-22-13-15)17-7-8-19(20(12-17)25(27)28)24-11-9-16-5-1-2-6-18(16)24/h1-8,10,12-13H,9,11,14H2,(H,23,26). The van der Waals surface area contributed by atoms with Crippen molar-refractivity contribution in [3.63, 3.8) is 0 Å². The average molecular weight is 374 g/mol. The molecule has 0 radical (unpaired) electrons. The van der Waals surface area contributed by atoms with Crippen LogP contribution in [0.25, 0.3) is 0 Å². The molecule has 1 aliphatic rings. The van der Waals surface area contributed by atoms with Gasteiger partial charge in [0.1, 0.15) is 5.69 Å². The monoisotopic (exact) mass is 374 g/mol. The first kappa shape index (κ1) is 17.7. The van der Waals surface area contributed by atoms with Crippen LogP contribution in [0.15, 0.2) is 67.0 Å². The van der Waals surface area contributed by atoms with Gasteiger partial charge in [0, 0.05) is 42.8 Å². The van der Waals surface area contributed by atoms with Crippen LogP contribution in [-0.2, 0) is 13.0 Å². The second kappa shape index (κ2) is 7.48. The van der Waals surface area contributed by atoms with E-state index in [0.717, 1.165) is 23.2 Å². The number of nitrogens with zero attached hydrogens (tertiary/aromatic N) is 3. The molecule has 0 unspecified atom stereocenters. The highest BCUT2D eigenvalue weighted by molar-refractivity contribution is 5.96. The fourth-order valence-electron chi connectivity index (χ4n) is 3.41. The molecule has 140 valence electrons. The van der Waals surface area contributed by atoms with Crippen LogP contribution in [0.2, 0.25) is 0 Å². The van der Waals surface area contributed by atoms with Crippen LogP contribution >= 0.6 is 0 Å². The predicted molar refractivity (Wildman–Crippen MR) is 106 cm³/mol. The Balaban J connectivity index is 1.59. The van der Waals surface area contributed by atoms with Gasteiger partial charge in [-0.2, -0.15) is 0 Å². The van der Waals surface area contributed by atoms with Crippen molar-refractivity contribution in [2.24, 2.45) is 0 Å². The Morgan fingerprint density at radius 1 is 1.14 bits per heavy atom. The zero-order chi connectivity index (χ0) is 19.5. The van der Waals surface area contributed by atoms with Crippen molar-refractivity contribution in [1.82, 2.24) is 10.3 Å². The first-order valence-corrected chi connectivity index (χ1v) is 8.94.